The van der Waals surface area contributed by atoms with Crippen LogP contribution in [0.25, 0.3) is 0 Å². The second-order valence-electron chi connectivity index (χ2n) is 9.53. The first kappa shape index (κ1) is 22.8. The van der Waals surface area contributed by atoms with Gasteiger partial charge in [-0.25, -0.2) is 0 Å². The van der Waals surface area contributed by atoms with Crippen LogP contribution in [0.5, 0.6) is 0 Å². The molecule has 172 valence electrons. The van der Waals surface area contributed by atoms with Crippen molar-refractivity contribution in [2.24, 2.45) is 0 Å². The van der Waals surface area contributed by atoms with E-state index < -0.39 is 0 Å². The minimum atomic E-state index is -0.0363. The van der Waals surface area contributed by atoms with Gasteiger partial charge in [0.15, 0.2) is 0 Å². The number of amides is 1. The molecule has 2 aromatic rings. The van der Waals surface area contributed by atoms with E-state index in [0.717, 1.165) is 58.9 Å². The van der Waals surface area contributed by atoms with Crippen molar-refractivity contribution in [3.05, 3.63) is 65.7 Å². The van der Waals surface area contributed by atoms with Gasteiger partial charge < -0.3 is 9.80 Å². The van der Waals surface area contributed by atoms with Crippen LogP contribution in [0.3, 0.4) is 0 Å². The largest absolute Gasteiger partial charge is 0.368 e. The maximum Gasteiger partial charge on any atom is 0.239 e. The van der Waals surface area contributed by atoms with Crippen LogP contribution in [0.2, 0.25) is 0 Å². The molecule has 0 N–H and O–H groups in total. The van der Waals surface area contributed by atoms with Crippen LogP contribution in [0, 0.1) is 0 Å². The van der Waals surface area contributed by atoms with Gasteiger partial charge in [0.2, 0.25) is 5.91 Å². The summed E-state index contributed by atoms with van der Waals surface area (Å²) in [5.41, 5.74) is 4.03. The monoisotopic (exact) mass is 434 g/mol. The van der Waals surface area contributed by atoms with Crippen molar-refractivity contribution >= 4 is 11.6 Å². The molecule has 2 saturated heterocycles. The molecule has 32 heavy (non-hydrogen) atoms. The van der Waals surface area contributed by atoms with E-state index in [1.807, 2.05) is 6.07 Å². The van der Waals surface area contributed by atoms with Gasteiger partial charge in [0, 0.05) is 64.6 Å². The second-order valence-corrected chi connectivity index (χ2v) is 9.53. The van der Waals surface area contributed by atoms with E-state index in [4.69, 9.17) is 0 Å². The van der Waals surface area contributed by atoms with Crippen molar-refractivity contribution < 1.29 is 4.79 Å². The van der Waals surface area contributed by atoms with Crippen LogP contribution in [-0.2, 0) is 11.3 Å². The quantitative estimate of drug-likeness (QED) is 0.694. The van der Waals surface area contributed by atoms with E-state index in [2.05, 4.69) is 88.9 Å². The van der Waals surface area contributed by atoms with Gasteiger partial charge in [0.05, 0.1) is 6.04 Å². The zero-order valence-corrected chi connectivity index (χ0v) is 19.9. The molecule has 0 aromatic heterocycles. The van der Waals surface area contributed by atoms with Gasteiger partial charge in [-0.05, 0) is 36.1 Å². The fourth-order valence-corrected chi connectivity index (χ4v) is 4.82. The lowest BCUT2D eigenvalue weighted by atomic mass is 10.0. The third-order valence-electron chi connectivity index (χ3n) is 7.08. The third-order valence-corrected chi connectivity index (χ3v) is 7.08. The first-order valence-electron chi connectivity index (χ1n) is 12.2. The van der Waals surface area contributed by atoms with Crippen molar-refractivity contribution in [2.45, 2.75) is 39.3 Å². The Morgan fingerprint density at radius 2 is 1.41 bits per heavy atom. The summed E-state index contributed by atoms with van der Waals surface area (Å²) in [6, 6.07) is 19.5. The average molecular weight is 435 g/mol. The first-order chi connectivity index (χ1) is 15.5. The Labute approximate surface area is 193 Å². The fourth-order valence-electron chi connectivity index (χ4n) is 4.82. The van der Waals surface area contributed by atoms with Crippen LogP contribution in [0.4, 0.5) is 5.69 Å². The number of rotatable bonds is 6. The molecular weight excluding hydrogens is 396 g/mol. The number of piperazine rings is 2. The van der Waals surface area contributed by atoms with E-state index in [1.165, 1.54) is 16.8 Å². The Hall–Kier alpha value is -2.37. The molecule has 2 fully saturated rings. The van der Waals surface area contributed by atoms with Crippen LogP contribution < -0.4 is 4.90 Å². The molecule has 0 spiro atoms. The highest BCUT2D eigenvalue weighted by Gasteiger charge is 2.30. The predicted molar refractivity (Wildman–Crippen MR) is 132 cm³/mol. The Bertz CT molecular complexity index is 851. The molecule has 2 aliphatic heterocycles. The van der Waals surface area contributed by atoms with Crippen LogP contribution in [0.1, 0.15) is 37.8 Å². The number of nitrogens with zero attached hydrogens (tertiary/aromatic N) is 4. The molecule has 5 nitrogen and oxygen atoms in total. The molecule has 4 rings (SSSR count). The average Bonchev–Trinajstić information content (AvgIpc) is 2.84. The lowest BCUT2D eigenvalue weighted by Gasteiger charge is -2.41. The van der Waals surface area contributed by atoms with Crippen molar-refractivity contribution in [2.75, 3.05) is 57.3 Å². The fraction of sp³-hybridized carbons (Fsp3) is 0.519. The SMILES string of the molecule is CC(C)c1ccc(CN2CCN(C(C)C(=O)N3CCN(c4ccccc4)CC3)CC2)cc1. The highest BCUT2D eigenvalue weighted by atomic mass is 16.2. The lowest BCUT2D eigenvalue weighted by Crippen LogP contribution is -2.57. The summed E-state index contributed by atoms with van der Waals surface area (Å²) in [6.07, 6.45) is 0. The summed E-state index contributed by atoms with van der Waals surface area (Å²) in [4.78, 5) is 22.5. The van der Waals surface area contributed by atoms with Crippen molar-refractivity contribution in [1.82, 2.24) is 14.7 Å². The first-order valence-corrected chi connectivity index (χ1v) is 12.2. The van der Waals surface area contributed by atoms with E-state index in [-0.39, 0.29) is 11.9 Å². The molecular formula is C27H38N4O. The molecule has 1 atom stereocenters. The maximum absolute atomic E-state index is 13.2. The number of anilines is 1. The normalized spacial score (nSPS) is 19.4. The zero-order valence-electron chi connectivity index (χ0n) is 19.9. The van der Waals surface area contributed by atoms with Crippen molar-refractivity contribution in [3.63, 3.8) is 0 Å². The molecule has 5 heteroatoms. The van der Waals surface area contributed by atoms with Gasteiger partial charge in [0.1, 0.15) is 0 Å². The molecule has 1 amide bonds. The summed E-state index contributed by atoms with van der Waals surface area (Å²) in [7, 11) is 0. The Balaban J connectivity index is 1.22. The number of hydrogen-bond donors (Lipinski definition) is 0. The van der Waals surface area contributed by atoms with Crippen LogP contribution in [0.15, 0.2) is 54.6 Å². The molecule has 1 unspecified atom stereocenters. The minimum Gasteiger partial charge on any atom is -0.368 e. The zero-order chi connectivity index (χ0) is 22.5. The summed E-state index contributed by atoms with van der Waals surface area (Å²) >= 11 is 0. The summed E-state index contributed by atoms with van der Waals surface area (Å²) in [5, 5.41) is 0. The van der Waals surface area contributed by atoms with Crippen LogP contribution in [-0.4, -0.2) is 79.0 Å². The molecule has 0 saturated carbocycles. The molecule has 0 bridgehead atoms. The third kappa shape index (κ3) is 5.51. The topological polar surface area (TPSA) is 30.0 Å². The Morgan fingerprint density at radius 3 is 2.00 bits per heavy atom. The standard InChI is InChI=1S/C27H38N4O/c1-22(2)25-11-9-24(10-12-25)21-28-13-15-29(16-14-28)23(3)27(32)31-19-17-30(18-20-31)26-7-5-4-6-8-26/h4-12,22-23H,13-21H2,1-3H3. The molecule has 2 heterocycles. The summed E-state index contributed by atoms with van der Waals surface area (Å²) < 4.78 is 0. The number of para-hydroxylation sites is 1. The minimum absolute atomic E-state index is 0.0363. The Morgan fingerprint density at radius 1 is 0.781 bits per heavy atom. The summed E-state index contributed by atoms with van der Waals surface area (Å²) in [6.45, 7) is 15.0. The number of benzene rings is 2. The molecule has 0 radical (unpaired) electrons. The van der Waals surface area contributed by atoms with Crippen molar-refractivity contribution in [1.29, 1.82) is 0 Å². The highest BCUT2D eigenvalue weighted by molar-refractivity contribution is 5.81. The van der Waals surface area contributed by atoms with Crippen LogP contribution >= 0.6 is 0 Å². The van der Waals surface area contributed by atoms with Gasteiger partial charge >= 0.3 is 0 Å². The number of carbonyl (C=O) groups excluding carboxylic acids is 1. The van der Waals surface area contributed by atoms with Crippen molar-refractivity contribution in [3.8, 4) is 0 Å². The number of carbonyl (C=O) groups is 1. The maximum atomic E-state index is 13.2. The molecule has 2 aromatic carbocycles. The predicted octanol–water partition coefficient (Wildman–Crippen LogP) is 3.66. The van der Waals surface area contributed by atoms with Gasteiger partial charge in [-0.15, -0.1) is 0 Å². The molecule has 0 aliphatic carbocycles. The second kappa shape index (κ2) is 10.5. The number of hydrogen-bond acceptors (Lipinski definition) is 4. The van der Waals surface area contributed by atoms with E-state index in [0.29, 0.717) is 5.92 Å². The Kier molecular flexibility index (Phi) is 7.48. The van der Waals surface area contributed by atoms with Gasteiger partial charge in [-0.3, -0.25) is 14.6 Å². The van der Waals surface area contributed by atoms with Gasteiger partial charge in [-0.2, -0.15) is 0 Å². The highest BCUT2D eigenvalue weighted by Crippen LogP contribution is 2.19. The summed E-state index contributed by atoms with van der Waals surface area (Å²) in [5.74, 6) is 0.864. The van der Waals surface area contributed by atoms with E-state index in [9.17, 15) is 4.79 Å². The molecule has 2 aliphatic rings. The van der Waals surface area contributed by atoms with Gasteiger partial charge in [0.25, 0.3) is 0 Å². The smallest absolute Gasteiger partial charge is 0.239 e. The lowest BCUT2D eigenvalue weighted by molar-refractivity contribution is -0.137. The van der Waals surface area contributed by atoms with Gasteiger partial charge in [-0.1, -0.05) is 56.3 Å². The van der Waals surface area contributed by atoms with E-state index >= 15 is 0 Å². The van der Waals surface area contributed by atoms with E-state index in [1.54, 1.807) is 0 Å².